The molecule has 0 saturated carbocycles. The number of nitrogens with zero attached hydrogens (tertiary/aromatic N) is 2. The molecule has 0 aliphatic carbocycles. The van der Waals surface area contributed by atoms with E-state index < -0.39 is 0 Å². The first-order chi connectivity index (χ1) is 13.5. The van der Waals surface area contributed by atoms with Crippen molar-refractivity contribution in [1.82, 2.24) is 4.98 Å². The van der Waals surface area contributed by atoms with Gasteiger partial charge in [-0.25, -0.2) is 9.37 Å². The fourth-order valence-corrected chi connectivity index (χ4v) is 4.65. The Hall–Kier alpha value is -2.31. The molecule has 28 heavy (non-hydrogen) atoms. The number of carbonyl (C=O) groups excluding carboxylic acids is 1. The van der Waals surface area contributed by atoms with Crippen LogP contribution in [-0.4, -0.2) is 30.1 Å². The van der Waals surface area contributed by atoms with Crippen molar-refractivity contribution in [2.75, 3.05) is 18.1 Å². The number of fused-ring (bicyclic) bond motifs is 1. The first-order valence-electron chi connectivity index (χ1n) is 9.54. The van der Waals surface area contributed by atoms with Gasteiger partial charge in [-0.3, -0.25) is 9.69 Å². The third-order valence-corrected chi connectivity index (χ3v) is 6.36. The number of hydrogen-bond donors (Lipinski definition) is 0. The lowest BCUT2D eigenvalue weighted by Crippen LogP contribution is -2.38. The van der Waals surface area contributed by atoms with Crippen molar-refractivity contribution < 1.29 is 13.9 Å². The lowest BCUT2D eigenvalue weighted by Gasteiger charge is -2.23. The zero-order valence-electron chi connectivity index (χ0n) is 16.1. The van der Waals surface area contributed by atoms with Crippen LogP contribution in [0, 0.1) is 19.7 Å². The summed E-state index contributed by atoms with van der Waals surface area (Å²) in [5.41, 5.74) is 4.00. The highest BCUT2D eigenvalue weighted by molar-refractivity contribution is 7.22. The van der Waals surface area contributed by atoms with E-state index in [0.717, 1.165) is 46.4 Å². The number of benzene rings is 2. The molecule has 4 nitrogen and oxygen atoms in total. The second-order valence-electron chi connectivity index (χ2n) is 7.32. The maximum absolute atomic E-state index is 13.2. The summed E-state index contributed by atoms with van der Waals surface area (Å²) in [5, 5.41) is 0.704. The summed E-state index contributed by atoms with van der Waals surface area (Å²) < 4.78 is 20.1. The molecule has 2 aromatic carbocycles. The number of halogens is 1. The van der Waals surface area contributed by atoms with Gasteiger partial charge in [0, 0.05) is 6.61 Å². The minimum Gasteiger partial charge on any atom is -0.376 e. The summed E-state index contributed by atoms with van der Waals surface area (Å²) >= 11 is 1.55. The van der Waals surface area contributed by atoms with Crippen LogP contribution in [0.4, 0.5) is 9.52 Å². The van der Waals surface area contributed by atoms with Crippen LogP contribution in [0.1, 0.15) is 29.5 Å². The van der Waals surface area contributed by atoms with Crippen molar-refractivity contribution in [2.45, 2.75) is 39.2 Å². The molecule has 0 radical (unpaired) electrons. The molecule has 1 unspecified atom stereocenters. The predicted molar refractivity (Wildman–Crippen MR) is 111 cm³/mol. The van der Waals surface area contributed by atoms with Crippen molar-refractivity contribution in [3.05, 3.63) is 58.9 Å². The smallest absolute Gasteiger partial charge is 0.233 e. The molecule has 1 aliphatic rings. The second kappa shape index (κ2) is 7.97. The molecule has 4 rings (SSSR count). The molecule has 1 fully saturated rings. The van der Waals surface area contributed by atoms with E-state index in [1.165, 1.54) is 12.1 Å². The Balaban J connectivity index is 1.66. The Morgan fingerprint density at radius 1 is 1.21 bits per heavy atom. The molecule has 0 N–H and O–H groups in total. The van der Waals surface area contributed by atoms with E-state index in [2.05, 4.69) is 19.1 Å². The summed E-state index contributed by atoms with van der Waals surface area (Å²) in [6.07, 6.45) is 2.21. The summed E-state index contributed by atoms with van der Waals surface area (Å²) in [7, 11) is 0. The SMILES string of the molecule is Cc1ccc(C)c2sc(N(CC3CCCO3)C(=O)Cc3ccc(F)cc3)nc12. The first-order valence-corrected chi connectivity index (χ1v) is 10.4. The molecule has 1 aliphatic heterocycles. The van der Waals surface area contributed by atoms with Gasteiger partial charge in [0.2, 0.25) is 5.91 Å². The largest absolute Gasteiger partial charge is 0.376 e. The lowest BCUT2D eigenvalue weighted by molar-refractivity contribution is -0.118. The normalized spacial score (nSPS) is 16.6. The Labute approximate surface area is 168 Å². The predicted octanol–water partition coefficient (Wildman–Crippen LogP) is 4.81. The number of amides is 1. The molecule has 1 amide bonds. The van der Waals surface area contributed by atoms with E-state index in [0.29, 0.717) is 11.7 Å². The molecule has 1 saturated heterocycles. The average Bonchev–Trinajstić information content (AvgIpc) is 3.35. The van der Waals surface area contributed by atoms with Gasteiger partial charge in [0.25, 0.3) is 0 Å². The van der Waals surface area contributed by atoms with Gasteiger partial charge in [0.1, 0.15) is 5.82 Å². The topological polar surface area (TPSA) is 42.4 Å². The molecule has 6 heteroatoms. The third kappa shape index (κ3) is 3.93. The highest BCUT2D eigenvalue weighted by atomic mass is 32.1. The van der Waals surface area contributed by atoms with E-state index in [1.807, 2.05) is 6.92 Å². The maximum Gasteiger partial charge on any atom is 0.233 e. The number of carbonyl (C=O) groups is 1. The standard InChI is InChI=1S/C22H23FN2O2S/c1-14-5-6-15(2)21-20(14)24-22(28-21)25(13-18-4-3-11-27-18)19(26)12-16-7-9-17(23)10-8-16/h5-10,18H,3-4,11-13H2,1-2H3. The number of anilines is 1. The van der Waals surface area contributed by atoms with Crippen molar-refractivity contribution in [1.29, 1.82) is 0 Å². The van der Waals surface area contributed by atoms with E-state index in [-0.39, 0.29) is 24.2 Å². The van der Waals surface area contributed by atoms with Crippen LogP contribution in [0.15, 0.2) is 36.4 Å². The minimum atomic E-state index is -0.301. The van der Waals surface area contributed by atoms with Crippen LogP contribution in [0.25, 0.3) is 10.2 Å². The molecule has 1 atom stereocenters. The quantitative estimate of drug-likeness (QED) is 0.620. The van der Waals surface area contributed by atoms with Crippen LogP contribution < -0.4 is 4.90 Å². The van der Waals surface area contributed by atoms with Gasteiger partial charge >= 0.3 is 0 Å². The van der Waals surface area contributed by atoms with Crippen molar-refractivity contribution in [3.63, 3.8) is 0 Å². The first kappa shape index (κ1) is 19.0. The zero-order chi connectivity index (χ0) is 19.7. The van der Waals surface area contributed by atoms with E-state index >= 15 is 0 Å². The van der Waals surface area contributed by atoms with Gasteiger partial charge in [-0.2, -0.15) is 0 Å². The van der Waals surface area contributed by atoms with Gasteiger partial charge in [-0.1, -0.05) is 35.6 Å². The summed E-state index contributed by atoms with van der Waals surface area (Å²) in [4.78, 5) is 19.7. The third-order valence-electron chi connectivity index (χ3n) is 5.14. The number of aromatic nitrogens is 1. The Bertz CT molecular complexity index is 955. The summed E-state index contributed by atoms with van der Waals surface area (Å²) in [6.45, 7) is 5.34. The highest BCUT2D eigenvalue weighted by Crippen LogP contribution is 2.34. The van der Waals surface area contributed by atoms with Crippen LogP contribution in [0.2, 0.25) is 0 Å². The molecular formula is C22H23FN2O2S. The Morgan fingerprint density at radius 3 is 2.64 bits per heavy atom. The van der Waals surface area contributed by atoms with E-state index in [4.69, 9.17) is 9.72 Å². The number of aryl methyl sites for hydroxylation is 2. The van der Waals surface area contributed by atoms with Crippen LogP contribution in [0.5, 0.6) is 0 Å². The van der Waals surface area contributed by atoms with Crippen LogP contribution >= 0.6 is 11.3 Å². The number of rotatable bonds is 5. The summed E-state index contributed by atoms with van der Waals surface area (Å²) in [5.74, 6) is -0.346. The van der Waals surface area contributed by atoms with Crippen molar-refractivity contribution in [3.8, 4) is 0 Å². The van der Waals surface area contributed by atoms with Crippen LogP contribution in [0.3, 0.4) is 0 Å². The van der Waals surface area contributed by atoms with Crippen LogP contribution in [-0.2, 0) is 16.0 Å². The molecule has 146 valence electrons. The fourth-order valence-electron chi connectivity index (χ4n) is 3.51. The van der Waals surface area contributed by atoms with Crippen molar-refractivity contribution >= 4 is 32.6 Å². The number of hydrogen-bond acceptors (Lipinski definition) is 4. The molecule has 1 aromatic heterocycles. The van der Waals surface area contributed by atoms with Gasteiger partial charge in [0.15, 0.2) is 5.13 Å². The Kier molecular flexibility index (Phi) is 5.42. The maximum atomic E-state index is 13.2. The van der Waals surface area contributed by atoms with Crippen molar-refractivity contribution in [2.24, 2.45) is 0 Å². The fraction of sp³-hybridized carbons (Fsp3) is 0.364. The second-order valence-corrected chi connectivity index (χ2v) is 8.29. The molecule has 2 heterocycles. The summed E-state index contributed by atoms with van der Waals surface area (Å²) in [6, 6.07) is 10.2. The number of thiazole rings is 1. The zero-order valence-corrected chi connectivity index (χ0v) is 16.9. The van der Waals surface area contributed by atoms with Gasteiger partial charge in [-0.15, -0.1) is 0 Å². The van der Waals surface area contributed by atoms with E-state index in [9.17, 15) is 9.18 Å². The molecule has 0 bridgehead atoms. The lowest BCUT2D eigenvalue weighted by atomic mass is 10.1. The van der Waals surface area contributed by atoms with E-state index in [1.54, 1.807) is 28.4 Å². The Morgan fingerprint density at radius 2 is 1.96 bits per heavy atom. The minimum absolute atomic E-state index is 0.0337. The highest BCUT2D eigenvalue weighted by Gasteiger charge is 2.26. The molecule has 0 spiro atoms. The number of ether oxygens (including phenoxy) is 1. The van der Waals surface area contributed by atoms with Gasteiger partial charge in [0.05, 0.1) is 29.3 Å². The van der Waals surface area contributed by atoms with Gasteiger partial charge in [-0.05, 0) is 55.5 Å². The average molecular weight is 399 g/mol. The van der Waals surface area contributed by atoms with Gasteiger partial charge < -0.3 is 4.74 Å². The molecule has 3 aromatic rings. The monoisotopic (exact) mass is 398 g/mol. The molecular weight excluding hydrogens is 375 g/mol.